The third-order valence-electron chi connectivity index (χ3n) is 3.20. The topological polar surface area (TPSA) is 12.0 Å². The van der Waals surface area contributed by atoms with Gasteiger partial charge in [-0.15, -0.1) is 11.3 Å². The molecule has 2 aromatic rings. The molecule has 0 bridgehead atoms. The van der Waals surface area contributed by atoms with Gasteiger partial charge in [-0.25, -0.2) is 0 Å². The van der Waals surface area contributed by atoms with Crippen molar-refractivity contribution in [3.63, 3.8) is 0 Å². The Hall–Kier alpha value is -0.830. The molecule has 0 aliphatic rings. The smallest absolute Gasteiger partial charge is 0.0406 e. The molecule has 0 amide bonds. The van der Waals surface area contributed by atoms with E-state index in [0.717, 1.165) is 24.5 Å². The van der Waals surface area contributed by atoms with Crippen molar-refractivity contribution in [1.82, 2.24) is 5.32 Å². The van der Waals surface area contributed by atoms with Crippen LogP contribution in [0.25, 0.3) is 0 Å². The molecule has 1 nitrogen and oxygen atoms in total. The first-order chi connectivity index (χ1) is 9.45. The van der Waals surface area contributed by atoms with Gasteiger partial charge in [0.1, 0.15) is 0 Å². The van der Waals surface area contributed by atoms with E-state index in [1.165, 1.54) is 15.3 Å². The molecule has 0 aliphatic heterocycles. The van der Waals surface area contributed by atoms with Crippen LogP contribution in [0.3, 0.4) is 0 Å². The van der Waals surface area contributed by atoms with Crippen LogP contribution in [0.2, 0.25) is 5.02 Å². The Bertz CT molecular complexity index is 537. The minimum Gasteiger partial charge on any atom is -0.312 e. The van der Waals surface area contributed by atoms with Gasteiger partial charge in [0.2, 0.25) is 0 Å². The van der Waals surface area contributed by atoms with Gasteiger partial charge in [-0.3, -0.25) is 0 Å². The van der Waals surface area contributed by atoms with Crippen LogP contribution in [0.5, 0.6) is 0 Å². The van der Waals surface area contributed by atoms with E-state index in [4.69, 9.17) is 11.6 Å². The summed E-state index contributed by atoms with van der Waals surface area (Å²) in [5.74, 6) is 0. The van der Waals surface area contributed by atoms with Crippen molar-refractivity contribution in [2.75, 3.05) is 6.54 Å². The Kier molecular flexibility index (Phi) is 5.25. The van der Waals surface area contributed by atoms with Crippen LogP contribution in [0, 0.1) is 0 Å². The number of hydrogen-bond donors (Lipinski definition) is 1. The Morgan fingerprint density at radius 1 is 1.05 bits per heavy atom. The molecule has 0 saturated heterocycles. The first-order valence-electron chi connectivity index (χ1n) is 6.99. The van der Waals surface area contributed by atoms with E-state index in [-0.39, 0.29) is 5.41 Å². The zero-order valence-electron chi connectivity index (χ0n) is 12.4. The van der Waals surface area contributed by atoms with Crippen LogP contribution in [-0.2, 0) is 18.4 Å². The van der Waals surface area contributed by atoms with Gasteiger partial charge >= 0.3 is 0 Å². The molecule has 1 aromatic heterocycles. The monoisotopic (exact) mass is 307 g/mol. The maximum atomic E-state index is 5.88. The summed E-state index contributed by atoms with van der Waals surface area (Å²) in [5.41, 5.74) is 1.58. The van der Waals surface area contributed by atoms with E-state index < -0.39 is 0 Å². The standard InChI is InChI=1S/C17H22ClNS/c1-17(2,3)16-9-8-15(20-16)12-19-11-10-13-4-6-14(18)7-5-13/h4-9,19H,10-12H2,1-3H3. The maximum absolute atomic E-state index is 5.88. The van der Waals surface area contributed by atoms with Crippen LogP contribution in [0.15, 0.2) is 36.4 Å². The second-order valence-corrected chi connectivity index (χ2v) is 7.67. The Balaban J connectivity index is 1.76. The summed E-state index contributed by atoms with van der Waals surface area (Å²) in [6.07, 6.45) is 1.04. The molecular formula is C17H22ClNS. The molecule has 108 valence electrons. The van der Waals surface area contributed by atoms with Crippen molar-refractivity contribution in [2.45, 2.75) is 39.2 Å². The van der Waals surface area contributed by atoms with Crippen LogP contribution in [0.4, 0.5) is 0 Å². The van der Waals surface area contributed by atoms with Gasteiger partial charge in [-0.05, 0) is 48.2 Å². The summed E-state index contributed by atoms with van der Waals surface area (Å²) in [6, 6.07) is 12.6. The number of rotatable bonds is 5. The molecular weight excluding hydrogens is 286 g/mol. The van der Waals surface area contributed by atoms with Crippen LogP contribution in [0.1, 0.15) is 36.1 Å². The number of nitrogens with one attached hydrogen (secondary N) is 1. The normalized spacial score (nSPS) is 11.8. The summed E-state index contributed by atoms with van der Waals surface area (Å²) >= 11 is 7.79. The zero-order valence-corrected chi connectivity index (χ0v) is 13.9. The molecule has 0 unspecified atom stereocenters. The maximum Gasteiger partial charge on any atom is 0.0406 e. The highest BCUT2D eigenvalue weighted by Crippen LogP contribution is 2.29. The van der Waals surface area contributed by atoms with E-state index in [0.29, 0.717) is 0 Å². The molecule has 0 radical (unpaired) electrons. The second-order valence-electron chi connectivity index (χ2n) is 6.07. The molecule has 0 atom stereocenters. The third-order valence-corrected chi connectivity index (χ3v) is 4.97. The Labute approximate surface area is 131 Å². The van der Waals surface area contributed by atoms with E-state index in [9.17, 15) is 0 Å². The fourth-order valence-corrected chi connectivity index (χ4v) is 3.13. The summed E-state index contributed by atoms with van der Waals surface area (Å²) < 4.78 is 0. The summed E-state index contributed by atoms with van der Waals surface area (Å²) in [6.45, 7) is 8.72. The lowest BCUT2D eigenvalue weighted by molar-refractivity contribution is 0.604. The number of benzene rings is 1. The highest BCUT2D eigenvalue weighted by atomic mass is 35.5. The number of hydrogen-bond acceptors (Lipinski definition) is 2. The van der Waals surface area contributed by atoms with Gasteiger partial charge in [0, 0.05) is 21.3 Å². The van der Waals surface area contributed by atoms with Crippen LogP contribution in [-0.4, -0.2) is 6.54 Å². The van der Waals surface area contributed by atoms with Crippen molar-refractivity contribution in [1.29, 1.82) is 0 Å². The SMILES string of the molecule is CC(C)(C)c1ccc(CNCCc2ccc(Cl)cc2)s1. The second kappa shape index (κ2) is 6.75. The summed E-state index contributed by atoms with van der Waals surface area (Å²) in [7, 11) is 0. The molecule has 1 N–H and O–H groups in total. The molecule has 2 rings (SSSR count). The summed E-state index contributed by atoms with van der Waals surface area (Å²) in [5, 5.41) is 4.31. The number of halogens is 1. The van der Waals surface area contributed by atoms with Gasteiger partial charge in [0.25, 0.3) is 0 Å². The Morgan fingerprint density at radius 3 is 2.35 bits per heavy atom. The first kappa shape index (κ1) is 15.6. The minimum atomic E-state index is 0.256. The molecule has 1 heterocycles. The number of thiophene rings is 1. The molecule has 0 spiro atoms. The van der Waals surface area contributed by atoms with Gasteiger partial charge in [0.15, 0.2) is 0 Å². The molecule has 3 heteroatoms. The van der Waals surface area contributed by atoms with E-state index >= 15 is 0 Å². The van der Waals surface area contributed by atoms with Gasteiger partial charge in [0.05, 0.1) is 0 Å². The fraction of sp³-hybridized carbons (Fsp3) is 0.412. The average molecular weight is 308 g/mol. The lowest BCUT2D eigenvalue weighted by Crippen LogP contribution is -2.15. The minimum absolute atomic E-state index is 0.256. The van der Waals surface area contributed by atoms with Crippen LogP contribution < -0.4 is 5.32 Å². The van der Waals surface area contributed by atoms with E-state index in [1.807, 2.05) is 23.5 Å². The summed E-state index contributed by atoms with van der Waals surface area (Å²) in [4.78, 5) is 2.86. The van der Waals surface area contributed by atoms with Crippen molar-refractivity contribution in [2.24, 2.45) is 0 Å². The van der Waals surface area contributed by atoms with E-state index in [2.05, 4.69) is 50.4 Å². The molecule has 0 aliphatic carbocycles. The van der Waals surface area contributed by atoms with E-state index in [1.54, 1.807) is 0 Å². The molecule has 0 saturated carbocycles. The third kappa shape index (κ3) is 4.62. The van der Waals surface area contributed by atoms with Gasteiger partial charge in [-0.1, -0.05) is 44.5 Å². The van der Waals surface area contributed by atoms with Crippen molar-refractivity contribution in [3.8, 4) is 0 Å². The Morgan fingerprint density at radius 2 is 1.75 bits per heavy atom. The predicted octanol–water partition coefficient (Wildman–Crippen LogP) is 5.03. The predicted molar refractivity (Wildman–Crippen MR) is 89.9 cm³/mol. The highest BCUT2D eigenvalue weighted by Gasteiger charge is 2.15. The lowest BCUT2D eigenvalue weighted by Gasteiger charge is -2.15. The van der Waals surface area contributed by atoms with Crippen molar-refractivity contribution < 1.29 is 0 Å². The van der Waals surface area contributed by atoms with Crippen molar-refractivity contribution >= 4 is 22.9 Å². The first-order valence-corrected chi connectivity index (χ1v) is 8.19. The average Bonchev–Trinajstić information content (AvgIpc) is 2.85. The zero-order chi connectivity index (χ0) is 14.6. The lowest BCUT2D eigenvalue weighted by atomic mass is 9.95. The van der Waals surface area contributed by atoms with Crippen molar-refractivity contribution in [3.05, 3.63) is 56.7 Å². The highest BCUT2D eigenvalue weighted by molar-refractivity contribution is 7.12. The fourth-order valence-electron chi connectivity index (χ4n) is 1.97. The molecule has 20 heavy (non-hydrogen) atoms. The van der Waals surface area contributed by atoms with Gasteiger partial charge in [-0.2, -0.15) is 0 Å². The molecule has 1 aromatic carbocycles. The molecule has 0 fully saturated rings. The van der Waals surface area contributed by atoms with Crippen LogP contribution >= 0.6 is 22.9 Å². The quantitative estimate of drug-likeness (QED) is 0.764. The van der Waals surface area contributed by atoms with Gasteiger partial charge < -0.3 is 5.32 Å². The largest absolute Gasteiger partial charge is 0.312 e.